The predicted octanol–water partition coefficient (Wildman–Crippen LogP) is 6.44. The smallest absolute Gasteiger partial charge is 0.231 e. The van der Waals surface area contributed by atoms with Crippen LogP contribution < -0.4 is 9.47 Å². The van der Waals surface area contributed by atoms with Gasteiger partial charge in [-0.15, -0.1) is 0 Å². The lowest BCUT2D eigenvalue weighted by Gasteiger charge is -2.07. The maximum Gasteiger partial charge on any atom is 0.231 e. The van der Waals surface area contributed by atoms with Gasteiger partial charge in [0.1, 0.15) is 17.0 Å². The molecule has 0 aliphatic heterocycles. The van der Waals surface area contributed by atoms with Crippen LogP contribution in [0.25, 0.3) is 22.7 Å². The van der Waals surface area contributed by atoms with Gasteiger partial charge in [-0.25, -0.2) is 4.98 Å². The molecule has 0 fully saturated rings. The Bertz CT molecular complexity index is 1190. The number of carbonyl (C=O) groups excluding carboxylic acids is 1. The Labute approximate surface area is 187 Å². The van der Waals surface area contributed by atoms with Crippen molar-refractivity contribution < 1.29 is 18.7 Å². The van der Waals surface area contributed by atoms with Gasteiger partial charge in [0.15, 0.2) is 11.4 Å². The molecule has 3 aromatic carbocycles. The zero-order chi connectivity index (χ0) is 22.3. The molecular weight excluding hydrogens is 402 g/mol. The summed E-state index contributed by atoms with van der Waals surface area (Å²) < 4.78 is 16.9. The van der Waals surface area contributed by atoms with Crippen LogP contribution in [0.1, 0.15) is 41.6 Å². The zero-order valence-corrected chi connectivity index (χ0v) is 18.2. The van der Waals surface area contributed by atoms with Crippen molar-refractivity contribution in [1.82, 2.24) is 4.98 Å². The van der Waals surface area contributed by atoms with Crippen LogP contribution in [0.15, 0.2) is 77.2 Å². The van der Waals surface area contributed by atoms with Gasteiger partial charge in [0.25, 0.3) is 0 Å². The van der Waals surface area contributed by atoms with E-state index in [1.807, 2.05) is 60.7 Å². The molecule has 0 N–H and O–H groups in total. The number of allylic oxidation sites excluding steroid dienone is 1. The van der Waals surface area contributed by atoms with E-state index in [9.17, 15) is 4.79 Å². The predicted molar refractivity (Wildman–Crippen MR) is 126 cm³/mol. The third-order valence-electron chi connectivity index (χ3n) is 5.08. The third-order valence-corrected chi connectivity index (χ3v) is 5.08. The summed E-state index contributed by atoms with van der Waals surface area (Å²) in [6.45, 7) is 2.78. The van der Waals surface area contributed by atoms with Crippen molar-refractivity contribution in [2.75, 3.05) is 13.7 Å². The number of para-hydroxylation sites is 2. The second-order valence-electron chi connectivity index (χ2n) is 7.37. The minimum Gasteiger partial charge on any atom is -0.497 e. The van der Waals surface area contributed by atoms with Crippen LogP contribution in [0.3, 0.4) is 0 Å². The van der Waals surface area contributed by atoms with Gasteiger partial charge in [-0.3, -0.25) is 4.79 Å². The number of rotatable bonds is 9. The Morgan fingerprint density at radius 2 is 1.69 bits per heavy atom. The minimum absolute atomic E-state index is 0.174. The molecule has 4 rings (SSSR count). The summed E-state index contributed by atoms with van der Waals surface area (Å²) in [4.78, 5) is 18.0. The van der Waals surface area contributed by atoms with Crippen LogP contribution in [0.4, 0.5) is 0 Å². The number of nitrogens with zero attached hydrogens (tertiary/aromatic N) is 1. The average molecular weight is 428 g/mol. The number of ether oxygens (including phenoxy) is 2. The normalized spacial score (nSPS) is 11.5. The first kappa shape index (κ1) is 21.4. The van der Waals surface area contributed by atoms with E-state index < -0.39 is 0 Å². The highest BCUT2D eigenvalue weighted by Gasteiger charge is 2.20. The lowest BCUT2D eigenvalue weighted by Crippen LogP contribution is -2.04. The van der Waals surface area contributed by atoms with Gasteiger partial charge < -0.3 is 13.9 Å². The highest BCUT2D eigenvalue weighted by Crippen LogP contribution is 2.27. The Morgan fingerprint density at radius 3 is 2.38 bits per heavy atom. The molecule has 0 saturated carbocycles. The van der Waals surface area contributed by atoms with E-state index in [0.717, 1.165) is 29.9 Å². The van der Waals surface area contributed by atoms with E-state index in [-0.39, 0.29) is 11.7 Å². The number of methoxy groups -OCH3 is 1. The lowest BCUT2D eigenvalue weighted by molar-refractivity contribution is 0.105. The summed E-state index contributed by atoms with van der Waals surface area (Å²) in [5, 5.41) is 0. The van der Waals surface area contributed by atoms with E-state index in [1.165, 1.54) is 0 Å². The second-order valence-corrected chi connectivity index (χ2v) is 7.37. The fourth-order valence-electron chi connectivity index (χ4n) is 3.27. The molecule has 0 spiro atoms. The van der Waals surface area contributed by atoms with Crippen molar-refractivity contribution >= 4 is 28.5 Å². The first-order chi connectivity index (χ1) is 15.7. The zero-order valence-electron chi connectivity index (χ0n) is 18.2. The van der Waals surface area contributed by atoms with Gasteiger partial charge in [-0.05, 0) is 66.6 Å². The SMILES string of the molecule is CCCCOc1ccc(C(=O)/C(=C/c2ccc(OC)cc2)c2nc3ccccc3o2)cc1. The second kappa shape index (κ2) is 9.96. The Hall–Kier alpha value is -3.86. The van der Waals surface area contributed by atoms with Gasteiger partial charge in [0.05, 0.1) is 19.3 Å². The quantitative estimate of drug-likeness (QED) is 0.175. The topological polar surface area (TPSA) is 61.6 Å². The maximum atomic E-state index is 13.5. The molecule has 0 bridgehead atoms. The summed E-state index contributed by atoms with van der Waals surface area (Å²) in [6.07, 6.45) is 3.85. The summed E-state index contributed by atoms with van der Waals surface area (Å²) in [6, 6.07) is 22.1. The molecule has 0 saturated heterocycles. The minimum atomic E-state index is -0.174. The van der Waals surface area contributed by atoms with Crippen LogP contribution in [0, 0.1) is 0 Å². The Balaban J connectivity index is 1.69. The van der Waals surface area contributed by atoms with Crippen LogP contribution in [-0.4, -0.2) is 24.5 Å². The van der Waals surface area contributed by atoms with E-state index >= 15 is 0 Å². The Kier molecular flexibility index (Phi) is 6.66. The van der Waals surface area contributed by atoms with Crippen molar-refractivity contribution in [3.05, 3.63) is 89.8 Å². The van der Waals surface area contributed by atoms with Gasteiger partial charge in [0, 0.05) is 5.56 Å². The molecule has 162 valence electrons. The van der Waals surface area contributed by atoms with Crippen molar-refractivity contribution in [3.8, 4) is 11.5 Å². The third kappa shape index (κ3) is 4.89. The maximum absolute atomic E-state index is 13.5. The number of benzene rings is 3. The summed E-state index contributed by atoms with van der Waals surface area (Å²) in [5.41, 5.74) is 3.10. The molecule has 0 aliphatic carbocycles. The van der Waals surface area contributed by atoms with E-state index in [0.29, 0.717) is 28.8 Å². The molecule has 32 heavy (non-hydrogen) atoms. The molecule has 4 aromatic rings. The van der Waals surface area contributed by atoms with Crippen molar-refractivity contribution in [3.63, 3.8) is 0 Å². The molecule has 5 heteroatoms. The van der Waals surface area contributed by atoms with Crippen LogP contribution >= 0.6 is 0 Å². The summed E-state index contributed by atoms with van der Waals surface area (Å²) in [5.74, 6) is 1.61. The number of Topliss-reactive ketones (excluding diaryl/α,β-unsaturated/α-hetero) is 1. The lowest BCUT2D eigenvalue weighted by atomic mass is 10.0. The fourth-order valence-corrected chi connectivity index (χ4v) is 3.27. The molecule has 0 aliphatic rings. The van der Waals surface area contributed by atoms with Crippen molar-refractivity contribution in [2.24, 2.45) is 0 Å². The number of carbonyl (C=O) groups is 1. The molecule has 0 amide bonds. The van der Waals surface area contributed by atoms with Crippen LogP contribution in [0.5, 0.6) is 11.5 Å². The summed E-state index contributed by atoms with van der Waals surface area (Å²) in [7, 11) is 1.62. The van der Waals surface area contributed by atoms with Crippen molar-refractivity contribution in [2.45, 2.75) is 19.8 Å². The first-order valence-electron chi connectivity index (χ1n) is 10.7. The van der Waals surface area contributed by atoms with Gasteiger partial charge in [-0.1, -0.05) is 37.6 Å². The first-order valence-corrected chi connectivity index (χ1v) is 10.7. The van der Waals surface area contributed by atoms with E-state index in [1.54, 1.807) is 25.3 Å². The molecule has 0 radical (unpaired) electrons. The highest BCUT2D eigenvalue weighted by atomic mass is 16.5. The fraction of sp³-hybridized carbons (Fsp3) is 0.185. The largest absolute Gasteiger partial charge is 0.497 e. The summed E-state index contributed by atoms with van der Waals surface area (Å²) >= 11 is 0. The number of unbranched alkanes of at least 4 members (excludes halogenated alkanes) is 1. The molecule has 1 heterocycles. The monoisotopic (exact) mass is 427 g/mol. The van der Waals surface area contributed by atoms with Crippen molar-refractivity contribution in [1.29, 1.82) is 0 Å². The number of hydrogen-bond acceptors (Lipinski definition) is 5. The van der Waals surface area contributed by atoms with Crippen LogP contribution in [0.2, 0.25) is 0 Å². The van der Waals surface area contributed by atoms with Gasteiger partial charge in [0.2, 0.25) is 5.89 Å². The molecule has 5 nitrogen and oxygen atoms in total. The van der Waals surface area contributed by atoms with E-state index in [4.69, 9.17) is 13.9 Å². The molecule has 0 atom stereocenters. The van der Waals surface area contributed by atoms with E-state index in [2.05, 4.69) is 11.9 Å². The molecule has 0 unspecified atom stereocenters. The van der Waals surface area contributed by atoms with Gasteiger partial charge >= 0.3 is 0 Å². The number of aromatic nitrogens is 1. The molecule has 1 aromatic heterocycles. The van der Waals surface area contributed by atoms with Gasteiger partial charge in [-0.2, -0.15) is 0 Å². The Morgan fingerprint density at radius 1 is 0.969 bits per heavy atom. The average Bonchev–Trinajstić information content (AvgIpc) is 3.27. The number of ketones is 1. The number of fused-ring (bicyclic) bond motifs is 1. The number of hydrogen-bond donors (Lipinski definition) is 0. The standard InChI is InChI=1S/C27H25NO4/c1-3-4-17-31-22-15-11-20(12-16-22)26(29)23(18-19-9-13-21(30-2)14-10-19)27-28-24-7-5-6-8-25(24)32-27/h5-16,18H,3-4,17H2,1-2H3/b23-18-. The molecular formula is C27H25NO4. The highest BCUT2D eigenvalue weighted by molar-refractivity contribution is 6.31. The van der Waals surface area contributed by atoms with Crippen LogP contribution in [-0.2, 0) is 0 Å². The number of oxazole rings is 1.